The van der Waals surface area contributed by atoms with E-state index in [1.165, 1.54) is 44.4 Å². The summed E-state index contributed by atoms with van der Waals surface area (Å²) < 4.78 is 73.1. The Morgan fingerprint density at radius 3 is 2.44 bits per heavy atom. The van der Waals surface area contributed by atoms with Gasteiger partial charge in [-0.3, -0.25) is 9.59 Å². The number of amides is 1. The molecule has 2 aromatic carbocycles. The number of rotatable bonds is 9. The first-order valence-corrected chi connectivity index (χ1v) is 12.3. The second-order valence-corrected chi connectivity index (χ2v) is 9.84. The van der Waals surface area contributed by atoms with Gasteiger partial charge in [-0.05, 0) is 62.4 Å². The van der Waals surface area contributed by atoms with Gasteiger partial charge in [0.1, 0.15) is 24.7 Å². The molecule has 1 aliphatic rings. The molecule has 9 nitrogen and oxygen atoms in total. The SMILES string of the molecule is COc1cc(C(=O)NC[C@@](O)(c2cc3c(c(-c4ccc(F)cc4)n2)OC[C@@]3(C)N)C(F)(F)F)ccc1OCC(C)=O. The van der Waals surface area contributed by atoms with E-state index in [1.54, 1.807) is 6.92 Å². The van der Waals surface area contributed by atoms with Gasteiger partial charge in [0.15, 0.2) is 23.0 Å². The first-order chi connectivity index (χ1) is 19.2. The number of carbonyl (C=O) groups excluding carboxylic acids is 2. The number of nitrogens with two attached hydrogens (primary N) is 1. The summed E-state index contributed by atoms with van der Waals surface area (Å²) in [4.78, 5) is 28.2. The number of ketones is 1. The quantitative estimate of drug-likeness (QED) is 0.329. The number of Topliss-reactive ketones (excluding diaryl/α,β-unsaturated/α-hetero) is 1. The van der Waals surface area contributed by atoms with Crippen LogP contribution in [-0.2, 0) is 15.9 Å². The average molecular weight is 578 g/mol. The number of carbonyl (C=O) groups is 2. The minimum Gasteiger partial charge on any atom is -0.493 e. The summed E-state index contributed by atoms with van der Waals surface area (Å²) in [5.41, 5.74) is 0.769. The van der Waals surface area contributed by atoms with Crippen molar-refractivity contribution in [1.29, 1.82) is 0 Å². The highest BCUT2D eigenvalue weighted by Crippen LogP contribution is 2.46. The summed E-state index contributed by atoms with van der Waals surface area (Å²) in [6.07, 6.45) is -5.30. The number of aliphatic hydroxyl groups is 1. The van der Waals surface area contributed by atoms with E-state index in [2.05, 4.69) is 10.3 Å². The molecule has 2 heterocycles. The fourth-order valence-corrected chi connectivity index (χ4v) is 4.17. The van der Waals surface area contributed by atoms with Crippen LogP contribution in [0.5, 0.6) is 17.2 Å². The minimum absolute atomic E-state index is 0.0662. The fraction of sp³-hybridized carbons (Fsp3) is 0.321. The van der Waals surface area contributed by atoms with Gasteiger partial charge in [0.05, 0.1) is 24.9 Å². The Bertz CT molecular complexity index is 1480. The Morgan fingerprint density at radius 2 is 1.83 bits per heavy atom. The van der Waals surface area contributed by atoms with Crippen LogP contribution in [0.3, 0.4) is 0 Å². The van der Waals surface area contributed by atoms with Gasteiger partial charge >= 0.3 is 6.18 Å². The lowest BCUT2D eigenvalue weighted by Crippen LogP contribution is -2.51. The summed E-state index contributed by atoms with van der Waals surface area (Å²) in [5.74, 6) is -1.47. The van der Waals surface area contributed by atoms with Gasteiger partial charge in [-0.2, -0.15) is 13.2 Å². The molecule has 0 aliphatic carbocycles. The molecule has 13 heteroatoms. The number of nitrogens with one attached hydrogen (secondary N) is 1. The number of alkyl halides is 3. The van der Waals surface area contributed by atoms with Gasteiger partial charge in [0, 0.05) is 16.7 Å². The van der Waals surface area contributed by atoms with Gasteiger partial charge in [-0.15, -0.1) is 0 Å². The average Bonchev–Trinajstić information content (AvgIpc) is 3.23. The van der Waals surface area contributed by atoms with Crippen molar-refractivity contribution in [1.82, 2.24) is 10.3 Å². The number of benzene rings is 2. The molecule has 0 spiro atoms. The smallest absolute Gasteiger partial charge is 0.424 e. The van der Waals surface area contributed by atoms with E-state index in [0.29, 0.717) is 0 Å². The standard InChI is InChI=1S/C28H27F4N3O6/c1-15(36)12-40-20-9-6-17(10-21(20)39-3)25(37)34-13-27(38,28(30,31)32)22-11-19-24(41-14-26(19,2)33)23(35-22)16-4-7-18(29)8-5-16/h4-11,38H,12-14,33H2,1-3H3,(H,34,37)/t26-,27-/m1/s1. The third-order valence-corrected chi connectivity index (χ3v) is 6.48. The van der Waals surface area contributed by atoms with E-state index in [9.17, 15) is 32.3 Å². The predicted molar refractivity (Wildman–Crippen MR) is 138 cm³/mol. The highest BCUT2D eigenvalue weighted by molar-refractivity contribution is 5.95. The van der Waals surface area contributed by atoms with Crippen molar-refractivity contribution >= 4 is 11.7 Å². The van der Waals surface area contributed by atoms with Gasteiger partial charge < -0.3 is 30.4 Å². The zero-order valence-electron chi connectivity index (χ0n) is 22.3. The molecule has 0 radical (unpaired) electrons. The van der Waals surface area contributed by atoms with Crippen molar-refractivity contribution in [3.63, 3.8) is 0 Å². The molecule has 41 heavy (non-hydrogen) atoms. The summed E-state index contributed by atoms with van der Waals surface area (Å²) in [6, 6.07) is 9.63. The minimum atomic E-state index is -5.30. The number of hydrogen-bond donors (Lipinski definition) is 3. The Kier molecular flexibility index (Phi) is 7.96. The first kappa shape index (κ1) is 29.7. The third kappa shape index (κ3) is 5.95. The lowest BCUT2D eigenvalue weighted by molar-refractivity contribution is -0.265. The number of methoxy groups -OCH3 is 1. The van der Waals surface area contributed by atoms with Crippen molar-refractivity contribution < 1.29 is 46.5 Å². The van der Waals surface area contributed by atoms with Crippen molar-refractivity contribution in [3.8, 4) is 28.5 Å². The van der Waals surface area contributed by atoms with Crippen LogP contribution in [0.1, 0.15) is 35.5 Å². The molecule has 218 valence electrons. The van der Waals surface area contributed by atoms with Crippen molar-refractivity contribution in [2.45, 2.75) is 31.2 Å². The lowest BCUT2D eigenvalue weighted by atomic mass is 9.89. The fourth-order valence-electron chi connectivity index (χ4n) is 4.17. The molecule has 0 saturated heterocycles. The molecular formula is C28H27F4N3O6. The van der Waals surface area contributed by atoms with E-state index in [0.717, 1.165) is 18.2 Å². The first-order valence-electron chi connectivity index (χ1n) is 12.3. The van der Waals surface area contributed by atoms with Crippen molar-refractivity contribution in [2.24, 2.45) is 5.73 Å². The van der Waals surface area contributed by atoms with Crippen LogP contribution in [0.15, 0.2) is 48.5 Å². The monoisotopic (exact) mass is 577 g/mol. The van der Waals surface area contributed by atoms with E-state index >= 15 is 0 Å². The number of ether oxygens (including phenoxy) is 3. The zero-order valence-corrected chi connectivity index (χ0v) is 22.3. The van der Waals surface area contributed by atoms with E-state index < -0.39 is 41.3 Å². The molecular weight excluding hydrogens is 550 g/mol. The maximum absolute atomic E-state index is 14.5. The number of aromatic nitrogens is 1. The zero-order chi connectivity index (χ0) is 30.2. The van der Waals surface area contributed by atoms with Crippen LogP contribution < -0.4 is 25.3 Å². The second-order valence-electron chi connectivity index (χ2n) is 9.84. The number of hydrogen-bond acceptors (Lipinski definition) is 8. The Hall–Kier alpha value is -4.23. The molecule has 1 amide bonds. The molecule has 4 N–H and O–H groups in total. The van der Waals surface area contributed by atoms with Crippen LogP contribution in [0.4, 0.5) is 17.6 Å². The highest BCUT2D eigenvalue weighted by atomic mass is 19.4. The Balaban J connectivity index is 1.70. The topological polar surface area (TPSA) is 133 Å². The van der Waals surface area contributed by atoms with E-state index in [1.807, 2.05) is 0 Å². The number of fused-ring (bicyclic) bond motifs is 1. The van der Waals surface area contributed by atoms with Crippen LogP contribution >= 0.6 is 0 Å². The molecule has 0 bridgehead atoms. The molecule has 0 fully saturated rings. The van der Waals surface area contributed by atoms with Crippen molar-refractivity contribution in [2.75, 3.05) is 26.9 Å². The predicted octanol–water partition coefficient (Wildman–Crippen LogP) is 3.61. The van der Waals surface area contributed by atoms with Gasteiger partial charge in [0.2, 0.25) is 5.60 Å². The number of nitrogens with zero attached hydrogens (tertiary/aromatic N) is 1. The summed E-state index contributed by atoms with van der Waals surface area (Å²) in [5, 5.41) is 13.2. The van der Waals surface area contributed by atoms with Gasteiger partial charge in [-0.1, -0.05) is 0 Å². The van der Waals surface area contributed by atoms with Gasteiger partial charge in [-0.25, -0.2) is 9.37 Å². The molecule has 2 atom stereocenters. The molecule has 3 aromatic rings. The summed E-state index contributed by atoms with van der Waals surface area (Å²) in [7, 11) is 1.28. The maximum Gasteiger partial charge on any atom is 0.424 e. The molecule has 1 aliphatic heterocycles. The van der Waals surface area contributed by atoms with Crippen LogP contribution in [0.25, 0.3) is 11.3 Å². The Labute approximate surface area is 232 Å². The molecule has 0 saturated carbocycles. The normalized spacial score (nSPS) is 17.7. The summed E-state index contributed by atoms with van der Waals surface area (Å²) in [6.45, 7) is 1.23. The van der Waals surface area contributed by atoms with E-state index in [-0.39, 0.29) is 58.6 Å². The number of pyridine rings is 1. The van der Waals surface area contributed by atoms with Crippen LogP contribution in [0, 0.1) is 5.82 Å². The maximum atomic E-state index is 14.5. The second kappa shape index (κ2) is 11.0. The molecule has 0 unspecified atom stereocenters. The summed E-state index contributed by atoms with van der Waals surface area (Å²) >= 11 is 0. The van der Waals surface area contributed by atoms with Crippen LogP contribution in [-0.4, -0.2) is 54.8 Å². The third-order valence-electron chi connectivity index (χ3n) is 6.48. The van der Waals surface area contributed by atoms with Gasteiger partial charge in [0.25, 0.3) is 5.91 Å². The number of halogens is 4. The van der Waals surface area contributed by atoms with E-state index in [4.69, 9.17) is 19.9 Å². The highest BCUT2D eigenvalue weighted by Gasteiger charge is 2.57. The largest absolute Gasteiger partial charge is 0.493 e. The molecule has 4 rings (SSSR count). The van der Waals surface area contributed by atoms with Crippen LogP contribution in [0.2, 0.25) is 0 Å². The van der Waals surface area contributed by atoms with Crippen molar-refractivity contribution in [3.05, 3.63) is 71.2 Å². The Morgan fingerprint density at radius 1 is 1.15 bits per heavy atom. The lowest BCUT2D eigenvalue weighted by Gasteiger charge is -2.31. The molecule has 1 aromatic heterocycles.